The molecule has 0 fully saturated rings. The van der Waals surface area contributed by atoms with Gasteiger partial charge >= 0.3 is 5.97 Å². The second-order valence-electron chi connectivity index (χ2n) is 5.50. The predicted molar refractivity (Wildman–Crippen MR) is 75.1 cm³/mol. The number of carboxylic acid groups (broad SMARTS) is 1. The van der Waals surface area contributed by atoms with Crippen LogP contribution in [-0.2, 0) is 4.79 Å². The lowest BCUT2D eigenvalue weighted by Gasteiger charge is -2.05. The molecule has 1 atom stereocenters. The van der Waals surface area contributed by atoms with Crippen LogP contribution in [0.4, 0.5) is 0 Å². The molecule has 0 saturated heterocycles. The zero-order chi connectivity index (χ0) is 15.3. The Balaban J connectivity index is 0. The fourth-order valence-corrected chi connectivity index (χ4v) is 1.52. The maximum atomic E-state index is 9.98. The first kappa shape index (κ1) is 19.8. The molecule has 0 aliphatic carbocycles. The van der Waals surface area contributed by atoms with Crippen molar-refractivity contribution in [1.29, 1.82) is 10.5 Å². The van der Waals surface area contributed by atoms with Gasteiger partial charge in [-0.3, -0.25) is 4.79 Å². The highest BCUT2D eigenvalue weighted by Crippen LogP contribution is 2.13. The Bertz CT molecular complexity index is 311. The molecule has 0 aromatic rings. The largest absolute Gasteiger partial charge is 0.481 e. The van der Waals surface area contributed by atoms with Crippen molar-refractivity contribution in [1.82, 2.24) is 0 Å². The van der Waals surface area contributed by atoms with Gasteiger partial charge in [-0.2, -0.15) is 10.5 Å². The molecule has 0 spiro atoms. The van der Waals surface area contributed by atoms with Crippen molar-refractivity contribution in [2.24, 2.45) is 17.8 Å². The van der Waals surface area contributed by atoms with Crippen LogP contribution in [0, 0.1) is 40.4 Å². The van der Waals surface area contributed by atoms with E-state index in [1.165, 1.54) is 0 Å². The molecular weight excluding hydrogens is 240 g/mol. The highest BCUT2D eigenvalue weighted by atomic mass is 16.4. The number of carboxylic acids is 1. The minimum absolute atomic E-state index is 0.0648. The molecular formula is C15H26N2O2. The van der Waals surface area contributed by atoms with E-state index in [-0.39, 0.29) is 5.92 Å². The molecule has 0 heterocycles. The van der Waals surface area contributed by atoms with Crippen molar-refractivity contribution in [2.75, 3.05) is 0 Å². The van der Waals surface area contributed by atoms with Crippen molar-refractivity contribution in [3.63, 3.8) is 0 Å². The summed E-state index contributed by atoms with van der Waals surface area (Å²) in [6.45, 7) is 8.31. The van der Waals surface area contributed by atoms with Crippen LogP contribution in [0.3, 0.4) is 0 Å². The van der Waals surface area contributed by atoms with E-state index in [0.29, 0.717) is 24.7 Å². The molecule has 0 bridgehead atoms. The van der Waals surface area contributed by atoms with Crippen molar-refractivity contribution >= 4 is 5.97 Å². The molecule has 0 saturated carbocycles. The molecule has 1 N–H and O–H groups in total. The van der Waals surface area contributed by atoms with Gasteiger partial charge in [0, 0.05) is 6.42 Å². The van der Waals surface area contributed by atoms with Gasteiger partial charge in [0.2, 0.25) is 0 Å². The summed E-state index contributed by atoms with van der Waals surface area (Å²) in [5, 5.41) is 25.0. The van der Waals surface area contributed by atoms with Gasteiger partial charge in [0.05, 0.1) is 24.5 Å². The molecule has 0 amide bonds. The average Bonchev–Trinajstić information content (AvgIpc) is 2.27. The van der Waals surface area contributed by atoms with Gasteiger partial charge in [-0.05, 0) is 24.7 Å². The molecule has 19 heavy (non-hydrogen) atoms. The Morgan fingerprint density at radius 2 is 1.74 bits per heavy atom. The lowest BCUT2D eigenvalue weighted by atomic mass is 9.96. The summed E-state index contributed by atoms with van der Waals surface area (Å²) in [6.07, 6.45) is 3.36. The van der Waals surface area contributed by atoms with Gasteiger partial charge < -0.3 is 5.11 Å². The minimum atomic E-state index is -0.685. The highest BCUT2D eigenvalue weighted by molar-refractivity contribution is 5.66. The van der Waals surface area contributed by atoms with E-state index in [1.54, 1.807) is 0 Å². The van der Waals surface area contributed by atoms with Gasteiger partial charge in [0.25, 0.3) is 0 Å². The third-order valence-electron chi connectivity index (χ3n) is 2.45. The van der Waals surface area contributed by atoms with Crippen LogP contribution < -0.4 is 0 Å². The van der Waals surface area contributed by atoms with Crippen LogP contribution in [0.15, 0.2) is 0 Å². The summed E-state index contributed by atoms with van der Waals surface area (Å²) in [7, 11) is 0. The Kier molecular flexibility index (Phi) is 13.4. The van der Waals surface area contributed by atoms with Crippen LogP contribution in [0.2, 0.25) is 0 Å². The molecule has 0 aliphatic heterocycles. The van der Waals surface area contributed by atoms with E-state index in [4.69, 9.17) is 15.6 Å². The minimum Gasteiger partial charge on any atom is -0.481 e. The normalized spacial score (nSPS) is 11.2. The number of carbonyl (C=O) groups is 1. The quantitative estimate of drug-likeness (QED) is 0.755. The van der Waals surface area contributed by atoms with E-state index in [0.717, 1.165) is 19.3 Å². The summed E-state index contributed by atoms with van der Waals surface area (Å²) >= 11 is 0. The topological polar surface area (TPSA) is 84.9 Å². The SMILES string of the molecule is CC(C)CC(C#N)CC#N.CC(C)CCCC(=O)O. The van der Waals surface area contributed by atoms with Crippen LogP contribution in [0.1, 0.15) is 59.8 Å². The van der Waals surface area contributed by atoms with Gasteiger partial charge in [-0.25, -0.2) is 0 Å². The van der Waals surface area contributed by atoms with E-state index < -0.39 is 5.97 Å². The summed E-state index contributed by atoms with van der Waals surface area (Å²) in [5.74, 6) is 0.392. The third kappa shape index (κ3) is 19.0. The Morgan fingerprint density at radius 1 is 1.16 bits per heavy atom. The second-order valence-corrected chi connectivity index (χ2v) is 5.50. The molecule has 108 valence electrons. The molecule has 1 unspecified atom stereocenters. The maximum absolute atomic E-state index is 9.98. The van der Waals surface area contributed by atoms with Crippen LogP contribution in [0.5, 0.6) is 0 Å². The van der Waals surface area contributed by atoms with Crippen LogP contribution >= 0.6 is 0 Å². The van der Waals surface area contributed by atoms with E-state index in [9.17, 15) is 4.79 Å². The predicted octanol–water partition coefficient (Wildman–Crippen LogP) is 3.98. The van der Waals surface area contributed by atoms with Crippen molar-refractivity contribution in [2.45, 2.75) is 59.8 Å². The Labute approximate surface area is 117 Å². The number of nitrogens with zero attached hydrogens (tertiary/aromatic N) is 2. The Morgan fingerprint density at radius 3 is 2.05 bits per heavy atom. The van der Waals surface area contributed by atoms with E-state index >= 15 is 0 Å². The molecule has 0 rings (SSSR count). The molecule has 4 nitrogen and oxygen atoms in total. The average molecular weight is 266 g/mol. The van der Waals surface area contributed by atoms with Crippen LogP contribution in [0.25, 0.3) is 0 Å². The summed E-state index contributed by atoms with van der Waals surface area (Å²) in [4.78, 5) is 9.98. The lowest BCUT2D eigenvalue weighted by molar-refractivity contribution is -0.137. The summed E-state index contributed by atoms with van der Waals surface area (Å²) in [5.41, 5.74) is 0. The number of aliphatic carboxylic acids is 1. The van der Waals surface area contributed by atoms with Gasteiger partial charge in [-0.1, -0.05) is 34.1 Å². The fourth-order valence-electron chi connectivity index (χ4n) is 1.52. The maximum Gasteiger partial charge on any atom is 0.303 e. The summed E-state index contributed by atoms with van der Waals surface area (Å²) < 4.78 is 0. The van der Waals surface area contributed by atoms with E-state index in [1.807, 2.05) is 6.07 Å². The molecule has 0 aromatic carbocycles. The first-order chi connectivity index (χ1) is 8.83. The van der Waals surface area contributed by atoms with E-state index in [2.05, 4.69) is 33.8 Å². The zero-order valence-corrected chi connectivity index (χ0v) is 12.5. The van der Waals surface area contributed by atoms with Gasteiger partial charge in [0.1, 0.15) is 0 Å². The van der Waals surface area contributed by atoms with Crippen molar-refractivity contribution in [3.05, 3.63) is 0 Å². The van der Waals surface area contributed by atoms with Crippen LogP contribution in [-0.4, -0.2) is 11.1 Å². The smallest absolute Gasteiger partial charge is 0.303 e. The number of rotatable bonds is 7. The first-order valence-corrected chi connectivity index (χ1v) is 6.81. The van der Waals surface area contributed by atoms with Gasteiger partial charge in [0.15, 0.2) is 0 Å². The zero-order valence-electron chi connectivity index (χ0n) is 12.5. The second kappa shape index (κ2) is 12.9. The van der Waals surface area contributed by atoms with Crippen molar-refractivity contribution in [3.8, 4) is 12.1 Å². The van der Waals surface area contributed by atoms with Crippen molar-refractivity contribution < 1.29 is 9.90 Å². The number of hydrogen-bond acceptors (Lipinski definition) is 3. The lowest BCUT2D eigenvalue weighted by Crippen LogP contribution is -2.00. The third-order valence-corrected chi connectivity index (χ3v) is 2.45. The number of hydrogen-bond donors (Lipinski definition) is 1. The molecule has 0 radical (unpaired) electrons. The fraction of sp³-hybridized carbons (Fsp3) is 0.800. The molecule has 0 aromatic heterocycles. The highest BCUT2D eigenvalue weighted by Gasteiger charge is 2.08. The molecule has 4 heteroatoms. The monoisotopic (exact) mass is 266 g/mol. The summed E-state index contributed by atoms with van der Waals surface area (Å²) in [6, 6.07) is 4.11. The number of nitriles is 2. The standard InChI is InChI=1S/C8H12N2.C7H14O2/c1-7(2)5-8(6-10)3-4-9;1-6(2)4-3-5-7(8)9/h7-8H,3,5H2,1-2H3;6H,3-5H2,1-2H3,(H,8,9). The molecule has 0 aliphatic rings. The first-order valence-electron chi connectivity index (χ1n) is 6.81. The van der Waals surface area contributed by atoms with Gasteiger partial charge in [-0.15, -0.1) is 0 Å². The Hall–Kier alpha value is -1.55.